The largest absolute Gasteiger partial charge is 0.419 e. The van der Waals surface area contributed by atoms with Crippen molar-refractivity contribution in [2.45, 2.75) is 12.7 Å². The van der Waals surface area contributed by atoms with E-state index in [2.05, 4.69) is 16.9 Å². The molecule has 1 aromatic carbocycles. The van der Waals surface area contributed by atoms with Gasteiger partial charge in [-0.25, -0.2) is 9.37 Å². The van der Waals surface area contributed by atoms with Gasteiger partial charge in [-0.1, -0.05) is 6.08 Å². The molecule has 0 saturated heterocycles. The van der Waals surface area contributed by atoms with Crippen LogP contribution in [0.5, 0.6) is 0 Å². The Morgan fingerprint density at radius 1 is 1.35 bits per heavy atom. The third-order valence-corrected chi connectivity index (χ3v) is 2.57. The Balaban J connectivity index is 2.30. The molecule has 0 spiro atoms. The first-order valence-corrected chi connectivity index (χ1v) is 5.67. The molecule has 106 valence electrons. The lowest BCUT2D eigenvalue weighted by atomic mass is 10.2. The van der Waals surface area contributed by atoms with E-state index in [1.807, 2.05) is 0 Å². The molecule has 0 radical (unpaired) electrons. The molecule has 0 saturated carbocycles. The third kappa shape index (κ3) is 2.98. The Labute approximate surface area is 112 Å². The van der Waals surface area contributed by atoms with Gasteiger partial charge in [-0.05, 0) is 18.2 Å². The number of benzene rings is 1. The molecule has 0 aliphatic heterocycles. The van der Waals surface area contributed by atoms with E-state index >= 15 is 0 Å². The maximum Gasteiger partial charge on any atom is 0.419 e. The summed E-state index contributed by atoms with van der Waals surface area (Å²) in [5.74, 6) is -0.956. The molecule has 3 nitrogen and oxygen atoms in total. The molecule has 0 bridgehead atoms. The van der Waals surface area contributed by atoms with Gasteiger partial charge < -0.3 is 9.88 Å². The van der Waals surface area contributed by atoms with Gasteiger partial charge in [-0.2, -0.15) is 13.2 Å². The monoisotopic (exact) mass is 285 g/mol. The quantitative estimate of drug-likeness (QED) is 0.680. The van der Waals surface area contributed by atoms with E-state index in [4.69, 9.17) is 0 Å². The fraction of sp³-hybridized carbons (Fsp3) is 0.154. The van der Waals surface area contributed by atoms with Gasteiger partial charge in [-0.15, -0.1) is 6.58 Å². The second-order valence-electron chi connectivity index (χ2n) is 4.01. The zero-order valence-corrected chi connectivity index (χ0v) is 10.3. The number of aromatic nitrogens is 2. The lowest BCUT2D eigenvalue weighted by Gasteiger charge is -2.12. The highest BCUT2D eigenvalue weighted by Gasteiger charge is 2.34. The second kappa shape index (κ2) is 5.36. The molecule has 20 heavy (non-hydrogen) atoms. The van der Waals surface area contributed by atoms with Crippen LogP contribution in [0.15, 0.2) is 43.2 Å². The zero-order chi connectivity index (χ0) is 14.8. The van der Waals surface area contributed by atoms with Gasteiger partial charge in [0.15, 0.2) is 0 Å². The van der Waals surface area contributed by atoms with E-state index in [0.717, 1.165) is 6.07 Å². The molecule has 0 fully saturated rings. The smallest absolute Gasteiger partial charge is 0.326 e. The fourth-order valence-corrected chi connectivity index (χ4v) is 1.67. The average Bonchev–Trinajstić information content (AvgIpc) is 2.78. The molecule has 1 heterocycles. The van der Waals surface area contributed by atoms with Crippen molar-refractivity contribution in [1.29, 1.82) is 0 Å². The summed E-state index contributed by atoms with van der Waals surface area (Å²) in [6.07, 6.45) is 0.0369. The Kier molecular flexibility index (Phi) is 3.78. The predicted molar refractivity (Wildman–Crippen MR) is 67.1 cm³/mol. The van der Waals surface area contributed by atoms with Crippen molar-refractivity contribution >= 4 is 11.6 Å². The van der Waals surface area contributed by atoms with E-state index in [0.29, 0.717) is 18.6 Å². The Hall–Kier alpha value is -2.31. The maximum atomic E-state index is 13.2. The van der Waals surface area contributed by atoms with Crippen LogP contribution < -0.4 is 5.32 Å². The van der Waals surface area contributed by atoms with Crippen LogP contribution in [0.1, 0.15) is 5.56 Å². The number of hydrogen-bond donors (Lipinski definition) is 1. The summed E-state index contributed by atoms with van der Waals surface area (Å²) in [7, 11) is 0. The molecule has 0 aliphatic carbocycles. The lowest BCUT2D eigenvalue weighted by molar-refractivity contribution is -0.139. The minimum atomic E-state index is -4.74. The summed E-state index contributed by atoms with van der Waals surface area (Å²) in [5.41, 5.74) is -1.21. The summed E-state index contributed by atoms with van der Waals surface area (Å²) in [6.45, 7) is 4.02. The zero-order valence-electron chi connectivity index (χ0n) is 10.3. The molecule has 0 atom stereocenters. The number of alkyl halides is 3. The van der Waals surface area contributed by atoms with Gasteiger partial charge in [-0.3, -0.25) is 0 Å². The molecular weight excluding hydrogens is 274 g/mol. The minimum Gasteiger partial charge on any atom is -0.326 e. The van der Waals surface area contributed by atoms with Crippen molar-refractivity contribution < 1.29 is 17.6 Å². The number of anilines is 2. The molecule has 1 N–H and O–H groups in total. The topological polar surface area (TPSA) is 29.9 Å². The van der Waals surface area contributed by atoms with Gasteiger partial charge >= 0.3 is 6.18 Å². The van der Waals surface area contributed by atoms with Crippen molar-refractivity contribution in [2.75, 3.05) is 5.32 Å². The average molecular weight is 285 g/mol. The van der Waals surface area contributed by atoms with Crippen molar-refractivity contribution in [3.8, 4) is 0 Å². The molecule has 0 aliphatic rings. The van der Waals surface area contributed by atoms with Gasteiger partial charge in [0, 0.05) is 24.6 Å². The first-order valence-electron chi connectivity index (χ1n) is 5.67. The van der Waals surface area contributed by atoms with Gasteiger partial charge in [0.1, 0.15) is 5.82 Å². The summed E-state index contributed by atoms with van der Waals surface area (Å²) in [4.78, 5) is 3.97. The minimum absolute atomic E-state index is 0.107. The molecule has 2 rings (SSSR count). The standard InChI is InChI=1S/C13H11F4N3/c1-2-6-20-7-5-18-12(20)19-9-3-4-11(14)10(8-9)13(15,16)17/h2-5,7-8H,1,6H2,(H,18,19). The molecule has 1 aromatic heterocycles. The lowest BCUT2D eigenvalue weighted by Crippen LogP contribution is -2.09. The number of halogens is 4. The van der Waals surface area contributed by atoms with Crippen LogP contribution in [-0.2, 0) is 12.7 Å². The van der Waals surface area contributed by atoms with Crippen molar-refractivity contribution in [1.82, 2.24) is 9.55 Å². The molecule has 2 aromatic rings. The van der Waals surface area contributed by atoms with Crippen LogP contribution in [0.4, 0.5) is 29.2 Å². The second-order valence-corrected chi connectivity index (χ2v) is 4.01. The summed E-state index contributed by atoms with van der Waals surface area (Å²) < 4.78 is 52.6. The van der Waals surface area contributed by atoms with Crippen molar-refractivity contribution in [2.24, 2.45) is 0 Å². The van der Waals surface area contributed by atoms with Gasteiger partial charge in [0.05, 0.1) is 5.56 Å². The number of hydrogen-bond acceptors (Lipinski definition) is 2. The van der Waals surface area contributed by atoms with Crippen LogP contribution in [0.3, 0.4) is 0 Å². The molecule has 7 heteroatoms. The van der Waals surface area contributed by atoms with Crippen LogP contribution >= 0.6 is 0 Å². The SMILES string of the molecule is C=CCn1ccnc1Nc1ccc(F)c(C(F)(F)F)c1. The number of allylic oxidation sites excluding steroid dienone is 1. The highest BCUT2D eigenvalue weighted by Crippen LogP contribution is 2.33. The van der Waals surface area contributed by atoms with E-state index in [-0.39, 0.29) is 5.69 Å². The van der Waals surface area contributed by atoms with Gasteiger partial charge in [0.2, 0.25) is 5.95 Å². The van der Waals surface area contributed by atoms with E-state index in [1.54, 1.807) is 16.8 Å². The molecule has 0 amide bonds. The van der Waals surface area contributed by atoms with E-state index < -0.39 is 17.6 Å². The van der Waals surface area contributed by atoms with E-state index in [1.165, 1.54) is 12.3 Å². The first kappa shape index (κ1) is 14.1. The van der Waals surface area contributed by atoms with Crippen LogP contribution in [0.25, 0.3) is 0 Å². The Morgan fingerprint density at radius 2 is 2.10 bits per heavy atom. The fourth-order valence-electron chi connectivity index (χ4n) is 1.67. The van der Waals surface area contributed by atoms with Crippen molar-refractivity contribution in [3.63, 3.8) is 0 Å². The predicted octanol–water partition coefficient (Wildman–Crippen LogP) is 3.97. The maximum absolute atomic E-state index is 13.2. The van der Waals surface area contributed by atoms with Crippen LogP contribution in [0.2, 0.25) is 0 Å². The Morgan fingerprint density at radius 3 is 2.75 bits per heavy atom. The summed E-state index contributed by atoms with van der Waals surface area (Å²) in [5, 5.41) is 2.71. The van der Waals surface area contributed by atoms with Gasteiger partial charge in [0.25, 0.3) is 0 Å². The number of rotatable bonds is 4. The first-order chi connectivity index (χ1) is 9.41. The van der Waals surface area contributed by atoms with Crippen LogP contribution in [-0.4, -0.2) is 9.55 Å². The highest BCUT2D eigenvalue weighted by molar-refractivity contribution is 5.55. The molecule has 0 unspecified atom stereocenters. The third-order valence-electron chi connectivity index (χ3n) is 2.57. The van der Waals surface area contributed by atoms with Crippen LogP contribution in [0, 0.1) is 5.82 Å². The molecular formula is C13H11F4N3. The number of nitrogens with zero attached hydrogens (tertiary/aromatic N) is 2. The number of nitrogens with one attached hydrogen (secondary N) is 1. The number of imidazole rings is 1. The normalized spacial score (nSPS) is 11.4. The van der Waals surface area contributed by atoms with E-state index in [9.17, 15) is 17.6 Å². The van der Waals surface area contributed by atoms with Crippen molar-refractivity contribution in [3.05, 3.63) is 54.6 Å². The highest BCUT2D eigenvalue weighted by atomic mass is 19.4. The summed E-state index contributed by atoms with van der Waals surface area (Å²) >= 11 is 0. The summed E-state index contributed by atoms with van der Waals surface area (Å²) in [6, 6.07) is 2.70. The Bertz CT molecular complexity index is 616.